The monoisotopic (exact) mass is 207 g/mol. The summed E-state index contributed by atoms with van der Waals surface area (Å²) in [6.45, 7) is 2.84. The summed E-state index contributed by atoms with van der Waals surface area (Å²) >= 11 is 0. The third-order valence-electron chi connectivity index (χ3n) is 2.56. The molecule has 0 aromatic heterocycles. The largest absolute Gasteiger partial charge is 0.504 e. The average Bonchev–Trinajstić information content (AvgIpc) is 2.18. The van der Waals surface area contributed by atoms with Crippen molar-refractivity contribution in [2.75, 3.05) is 6.54 Å². The lowest BCUT2D eigenvalue weighted by Gasteiger charge is -2.39. The Morgan fingerprint density at radius 1 is 1.60 bits per heavy atom. The van der Waals surface area contributed by atoms with Gasteiger partial charge in [-0.1, -0.05) is 0 Å². The molecule has 0 saturated carbocycles. The molecule has 0 spiro atoms. The minimum absolute atomic E-state index is 0.00507. The summed E-state index contributed by atoms with van der Waals surface area (Å²) in [6, 6.07) is 4.61. The number of carbonyl (C=O) groups is 1. The fourth-order valence-corrected chi connectivity index (χ4v) is 1.50. The topological polar surface area (TPSA) is 58.6 Å². The molecule has 1 aliphatic rings. The van der Waals surface area contributed by atoms with Crippen LogP contribution in [-0.4, -0.2) is 23.7 Å². The molecule has 1 saturated heterocycles. The van der Waals surface area contributed by atoms with Crippen molar-refractivity contribution in [2.24, 2.45) is 0 Å². The van der Waals surface area contributed by atoms with Crippen LogP contribution in [0.5, 0.6) is 11.5 Å². The number of ether oxygens (including phenoxy) is 1. The van der Waals surface area contributed by atoms with Crippen molar-refractivity contribution < 1.29 is 14.6 Å². The van der Waals surface area contributed by atoms with Crippen molar-refractivity contribution in [1.29, 1.82) is 0 Å². The van der Waals surface area contributed by atoms with Gasteiger partial charge in [-0.25, -0.2) is 0 Å². The molecule has 1 atom stereocenters. The molecule has 2 rings (SSSR count). The number of carbonyl (C=O) groups excluding carboxylic acids is 1. The first-order chi connectivity index (χ1) is 7.13. The Morgan fingerprint density at radius 2 is 2.33 bits per heavy atom. The molecule has 1 aromatic rings. The Morgan fingerprint density at radius 3 is 2.80 bits per heavy atom. The Kier molecular flexibility index (Phi) is 2.36. The lowest BCUT2D eigenvalue weighted by Crippen LogP contribution is -2.58. The summed E-state index contributed by atoms with van der Waals surface area (Å²) in [6.07, 6.45) is 1.59. The van der Waals surface area contributed by atoms with E-state index < -0.39 is 0 Å². The standard InChI is InChI=1S/C11H13NO3/c1-11(4-5-12-11)15-10-3-2-8(7-13)6-9(10)14/h2-3,6-7,12,14H,4-5H2,1H3/t11-/m0/s1. The van der Waals surface area contributed by atoms with E-state index in [1.807, 2.05) is 6.92 Å². The van der Waals surface area contributed by atoms with Crippen LogP contribution in [0.15, 0.2) is 18.2 Å². The van der Waals surface area contributed by atoms with Crippen molar-refractivity contribution in [2.45, 2.75) is 19.1 Å². The van der Waals surface area contributed by atoms with Crippen LogP contribution in [0.25, 0.3) is 0 Å². The van der Waals surface area contributed by atoms with Crippen LogP contribution in [0.4, 0.5) is 0 Å². The highest BCUT2D eigenvalue weighted by Crippen LogP contribution is 2.31. The fourth-order valence-electron chi connectivity index (χ4n) is 1.50. The SMILES string of the molecule is C[C@]1(Oc2ccc(C=O)cc2O)CCN1. The maximum Gasteiger partial charge on any atom is 0.163 e. The van der Waals surface area contributed by atoms with Crippen molar-refractivity contribution in [3.63, 3.8) is 0 Å². The van der Waals surface area contributed by atoms with E-state index >= 15 is 0 Å². The van der Waals surface area contributed by atoms with Gasteiger partial charge < -0.3 is 9.84 Å². The van der Waals surface area contributed by atoms with Crippen LogP contribution < -0.4 is 10.1 Å². The molecule has 0 unspecified atom stereocenters. The minimum atomic E-state index is -0.389. The third-order valence-corrected chi connectivity index (χ3v) is 2.56. The molecule has 1 heterocycles. The van der Waals surface area contributed by atoms with Crippen molar-refractivity contribution in [3.05, 3.63) is 23.8 Å². The van der Waals surface area contributed by atoms with E-state index in [9.17, 15) is 9.90 Å². The number of phenolic OH excluding ortho intramolecular Hbond substituents is 1. The number of hydrogen-bond acceptors (Lipinski definition) is 4. The maximum absolute atomic E-state index is 10.5. The molecule has 0 radical (unpaired) electrons. The number of aromatic hydroxyl groups is 1. The number of rotatable bonds is 3. The van der Waals surface area contributed by atoms with Gasteiger partial charge in [0, 0.05) is 18.5 Å². The lowest BCUT2D eigenvalue weighted by atomic mass is 10.0. The molecule has 0 bridgehead atoms. The molecule has 1 fully saturated rings. The summed E-state index contributed by atoms with van der Waals surface area (Å²) in [5, 5.41) is 12.7. The number of nitrogens with one attached hydrogen (secondary N) is 1. The van der Waals surface area contributed by atoms with Crippen molar-refractivity contribution in [1.82, 2.24) is 5.32 Å². The van der Waals surface area contributed by atoms with Crippen LogP contribution in [0, 0.1) is 0 Å². The highest BCUT2D eigenvalue weighted by molar-refractivity contribution is 5.76. The Bertz CT molecular complexity index is 385. The second-order valence-corrected chi connectivity index (χ2v) is 3.85. The predicted molar refractivity (Wildman–Crippen MR) is 55.1 cm³/mol. The van der Waals surface area contributed by atoms with E-state index in [4.69, 9.17) is 4.74 Å². The van der Waals surface area contributed by atoms with Crippen LogP contribution in [0.2, 0.25) is 0 Å². The molecule has 80 valence electrons. The Balaban J connectivity index is 2.18. The predicted octanol–water partition coefficient (Wildman–Crippen LogP) is 1.29. The zero-order valence-electron chi connectivity index (χ0n) is 8.49. The van der Waals surface area contributed by atoms with Gasteiger partial charge in [-0.3, -0.25) is 10.1 Å². The molecule has 1 aromatic carbocycles. The first-order valence-electron chi connectivity index (χ1n) is 4.85. The highest BCUT2D eigenvalue weighted by atomic mass is 16.5. The zero-order valence-corrected chi connectivity index (χ0v) is 8.49. The quantitative estimate of drug-likeness (QED) is 0.733. The summed E-state index contributed by atoms with van der Waals surface area (Å²) in [7, 11) is 0. The van der Waals surface area contributed by atoms with E-state index in [0.29, 0.717) is 17.6 Å². The lowest BCUT2D eigenvalue weighted by molar-refractivity contribution is -0.0124. The second-order valence-electron chi connectivity index (χ2n) is 3.85. The van der Waals surface area contributed by atoms with Gasteiger partial charge in [-0.2, -0.15) is 0 Å². The van der Waals surface area contributed by atoms with E-state index in [1.165, 1.54) is 6.07 Å². The number of hydrogen-bond donors (Lipinski definition) is 2. The van der Waals surface area contributed by atoms with Gasteiger partial charge in [-0.15, -0.1) is 0 Å². The molecule has 4 heteroatoms. The smallest absolute Gasteiger partial charge is 0.163 e. The van der Waals surface area contributed by atoms with Crippen LogP contribution in [0.1, 0.15) is 23.7 Å². The summed E-state index contributed by atoms with van der Waals surface area (Å²) in [5.41, 5.74) is 0.0479. The first kappa shape index (κ1) is 9.98. The molecule has 0 aliphatic carbocycles. The highest BCUT2D eigenvalue weighted by Gasteiger charge is 2.33. The summed E-state index contributed by atoms with van der Waals surface area (Å²) in [4.78, 5) is 10.5. The van der Waals surface area contributed by atoms with Crippen LogP contribution in [-0.2, 0) is 0 Å². The normalized spacial score (nSPS) is 24.3. The fraction of sp³-hybridized carbons (Fsp3) is 0.364. The average molecular weight is 207 g/mol. The molecule has 1 aliphatic heterocycles. The van der Waals surface area contributed by atoms with Gasteiger partial charge in [0.1, 0.15) is 6.29 Å². The molecule has 0 amide bonds. The van der Waals surface area contributed by atoms with E-state index in [2.05, 4.69) is 5.32 Å². The molecular weight excluding hydrogens is 194 g/mol. The summed E-state index contributed by atoms with van der Waals surface area (Å²) < 4.78 is 5.59. The Labute approximate surface area is 87.9 Å². The number of benzene rings is 1. The van der Waals surface area contributed by atoms with Crippen molar-refractivity contribution in [3.8, 4) is 11.5 Å². The molecular formula is C11H13NO3. The minimum Gasteiger partial charge on any atom is -0.504 e. The molecule has 2 N–H and O–H groups in total. The van der Waals surface area contributed by atoms with E-state index in [1.54, 1.807) is 12.1 Å². The van der Waals surface area contributed by atoms with Gasteiger partial charge in [0.25, 0.3) is 0 Å². The van der Waals surface area contributed by atoms with Crippen LogP contribution in [0.3, 0.4) is 0 Å². The maximum atomic E-state index is 10.5. The van der Waals surface area contributed by atoms with Crippen molar-refractivity contribution >= 4 is 6.29 Å². The van der Waals surface area contributed by atoms with Gasteiger partial charge in [0.05, 0.1) is 0 Å². The Hall–Kier alpha value is -1.55. The second kappa shape index (κ2) is 3.55. The summed E-state index contributed by atoms with van der Waals surface area (Å²) in [5.74, 6) is 0.393. The molecule has 15 heavy (non-hydrogen) atoms. The number of aldehydes is 1. The van der Waals surface area contributed by atoms with Gasteiger partial charge in [0.15, 0.2) is 17.2 Å². The van der Waals surface area contributed by atoms with Gasteiger partial charge in [0.2, 0.25) is 0 Å². The third kappa shape index (κ3) is 1.94. The van der Waals surface area contributed by atoms with Gasteiger partial charge >= 0.3 is 0 Å². The first-order valence-corrected chi connectivity index (χ1v) is 4.85. The van der Waals surface area contributed by atoms with E-state index in [-0.39, 0.29) is 11.5 Å². The van der Waals surface area contributed by atoms with Crippen LogP contribution >= 0.6 is 0 Å². The zero-order chi connectivity index (χ0) is 10.9. The number of phenols is 1. The van der Waals surface area contributed by atoms with E-state index in [0.717, 1.165) is 13.0 Å². The van der Waals surface area contributed by atoms with Gasteiger partial charge in [-0.05, 0) is 25.1 Å². The molecule has 4 nitrogen and oxygen atoms in total.